The number of carbonyl (C=O) groups excluding carboxylic acids is 1. The molecule has 410 valence electrons. The fraction of sp³-hybridized carbons (Fsp3) is 0.948. The first kappa shape index (κ1) is 65.9. The Balaban J connectivity index is 2.24. The monoisotopic (exact) mass is 984 g/mol. The van der Waals surface area contributed by atoms with Gasteiger partial charge in [0.05, 0.1) is 25.4 Å². The number of rotatable bonds is 51. The third-order valence-electron chi connectivity index (χ3n) is 14.6. The summed E-state index contributed by atoms with van der Waals surface area (Å²) in [6.45, 7) is 3.46. The van der Waals surface area contributed by atoms with Crippen LogP contribution in [0.25, 0.3) is 0 Å². The molecule has 11 nitrogen and oxygen atoms in total. The quantitative estimate of drug-likeness (QED) is 0.0215. The normalized spacial score (nSPS) is 20.4. The minimum Gasteiger partial charge on any atom is -0.394 e. The average Bonchev–Trinajstić information content (AvgIpc) is 3.35. The summed E-state index contributed by atoms with van der Waals surface area (Å²) in [6.07, 6.45) is 44.3. The highest BCUT2D eigenvalue weighted by Crippen LogP contribution is 2.23. The molecule has 1 aliphatic rings. The number of ether oxygens (including phenoxy) is 2. The van der Waals surface area contributed by atoms with Gasteiger partial charge < -0.3 is 50.5 Å². The van der Waals surface area contributed by atoms with Gasteiger partial charge in [-0.25, -0.2) is 0 Å². The Kier molecular flexibility index (Phi) is 45.7. The van der Waals surface area contributed by atoms with E-state index >= 15 is 0 Å². The van der Waals surface area contributed by atoms with Crippen molar-refractivity contribution >= 4 is 5.91 Å². The van der Waals surface area contributed by atoms with E-state index in [1.165, 1.54) is 205 Å². The SMILES string of the molecule is CCCCCCCCCCC/C=C/CCCC(O)C(O)C(COC1OC(CO)C(O)C(O)C1O)NC(=O)C(O)CCCCCCCCCCCCCCCCCCCCCCCCCCCCCC. The topological polar surface area (TPSA) is 189 Å². The highest BCUT2D eigenvalue weighted by atomic mass is 16.7. The van der Waals surface area contributed by atoms with Gasteiger partial charge >= 0.3 is 0 Å². The minimum absolute atomic E-state index is 0.260. The molecular weight excluding hydrogens is 871 g/mol. The zero-order valence-corrected chi connectivity index (χ0v) is 44.8. The summed E-state index contributed by atoms with van der Waals surface area (Å²) < 4.78 is 11.1. The van der Waals surface area contributed by atoms with Crippen molar-refractivity contribution in [1.82, 2.24) is 5.32 Å². The maximum atomic E-state index is 13.2. The van der Waals surface area contributed by atoms with Gasteiger partial charge in [0.1, 0.15) is 36.6 Å². The van der Waals surface area contributed by atoms with Gasteiger partial charge in [-0.1, -0.05) is 257 Å². The van der Waals surface area contributed by atoms with Gasteiger partial charge in [-0.2, -0.15) is 0 Å². The van der Waals surface area contributed by atoms with Crippen molar-refractivity contribution in [2.45, 2.75) is 339 Å². The van der Waals surface area contributed by atoms with E-state index in [0.717, 1.165) is 38.5 Å². The lowest BCUT2D eigenvalue weighted by molar-refractivity contribution is -0.303. The summed E-state index contributed by atoms with van der Waals surface area (Å²) in [5.74, 6) is -0.701. The van der Waals surface area contributed by atoms with Gasteiger partial charge in [0, 0.05) is 0 Å². The summed E-state index contributed by atoms with van der Waals surface area (Å²) in [5, 5.41) is 76.0. The van der Waals surface area contributed by atoms with Crippen LogP contribution in [0.15, 0.2) is 12.2 Å². The van der Waals surface area contributed by atoms with Crippen molar-refractivity contribution in [3.63, 3.8) is 0 Å². The van der Waals surface area contributed by atoms with E-state index in [0.29, 0.717) is 12.8 Å². The zero-order chi connectivity index (χ0) is 50.4. The van der Waals surface area contributed by atoms with E-state index in [4.69, 9.17) is 9.47 Å². The summed E-state index contributed by atoms with van der Waals surface area (Å²) in [4.78, 5) is 13.2. The van der Waals surface area contributed by atoms with E-state index in [-0.39, 0.29) is 12.8 Å². The molecule has 0 bridgehead atoms. The minimum atomic E-state index is -1.66. The Morgan fingerprint density at radius 1 is 0.493 bits per heavy atom. The lowest BCUT2D eigenvalue weighted by atomic mass is 9.98. The van der Waals surface area contributed by atoms with Gasteiger partial charge in [0.2, 0.25) is 5.91 Å². The number of carbonyl (C=O) groups is 1. The smallest absolute Gasteiger partial charge is 0.249 e. The van der Waals surface area contributed by atoms with E-state index in [1.54, 1.807) is 0 Å². The molecule has 1 saturated heterocycles. The molecule has 0 aromatic carbocycles. The molecule has 1 heterocycles. The van der Waals surface area contributed by atoms with Crippen LogP contribution in [0.5, 0.6) is 0 Å². The second-order valence-electron chi connectivity index (χ2n) is 21.1. The highest BCUT2D eigenvalue weighted by molar-refractivity contribution is 5.80. The van der Waals surface area contributed by atoms with Crippen LogP contribution < -0.4 is 5.32 Å². The molecule has 1 fully saturated rings. The third kappa shape index (κ3) is 36.4. The maximum Gasteiger partial charge on any atom is 0.249 e. The number of unbranched alkanes of at least 4 members (excludes halogenated alkanes) is 37. The van der Waals surface area contributed by atoms with Crippen LogP contribution in [0.1, 0.15) is 284 Å². The van der Waals surface area contributed by atoms with Gasteiger partial charge in [-0.3, -0.25) is 4.79 Å². The molecule has 0 aromatic heterocycles. The Morgan fingerprint density at radius 3 is 1.25 bits per heavy atom. The largest absolute Gasteiger partial charge is 0.394 e. The third-order valence-corrected chi connectivity index (χ3v) is 14.6. The molecule has 9 unspecified atom stereocenters. The van der Waals surface area contributed by atoms with Gasteiger partial charge in [0.15, 0.2) is 6.29 Å². The van der Waals surface area contributed by atoms with Crippen molar-refractivity contribution in [2.75, 3.05) is 13.2 Å². The van der Waals surface area contributed by atoms with Crippen molar-refractivity contribution in [3.05, 3.63) is 12.2 Å². The van der Waals surface area contributed by atoms with Gasteiger partial charge in [0.25, 0.3) is 0 Å². The van der Waals surface area contributed by atoms with Crippen molar-refractivity contribution in [2.24, 2.45) is 0 Å². The van der Waals surface area contributed by atoms with E-state index in [9.17, 15) is 40.5 Å². The first-order valence-corrected chi connectivity index (χ1v) is 29.6. The second kappa shape index (κ2) is 47.8. The van der Waals surface area contributed by atoms with Crippen LogP contribution in [0.3, 0.4) is 0 Å². The van der Waals surface area contributed by atoms with Crippen LogP contribution in [0.2, 0.25) is 0 Å². The molecule has 0 radical (unpaired) electrons. The highest BCUT2D eigenvalue weighted by Gasteiger charge is 2.44. The van der Waals surface area contributed by atoms with Crippen LogP contribution >= 0.6 is 0 Å². The molecule has 0 spiro atoms. The Bertz CT molecular complexity index is 1130. The number of aliphatic hydroxyl groups is 7. The fourth-order valence-corrected chi connectivity index (χ4v) is 9.74. The first-order chi connectivity index (χ1) is 33.7. The Morgan fingerprint density at radius 2 is 0.855 bits per heavy atom. The number of nitrogens with one attached hydrogen (secondary N) is 1. The van der Waals surface area contributed by atoms with E-state index in [1.807, 2.05) is 0 Å². The number of aliphatic hydroxyl groups excluding tert-OH is 7. The molecule has 8 N–H and O–H groups in total. The molecule has 9 atom stereocenters. The number of hydrogen-bond donors (Lipinski definition) is 8. The fourth-order valence-electron chi connectivity index (χ4n) is 9.74. The van der Waals surface area contributed by atoms with E-state index in [2.05, 4.69) is 31.3 Å². The molecule has 1 amide bonds. The van der Waals surface area contributed by atoms with Crippen LogP contribution in [0, 0.1) is 0 Å². The Hall–Kier alpha value is -1.15. The molecule has 69 heavy (non-hydrogen) atoms. The summed E-state index contributed by atoms with van der Waals surface area (Å²) >= 11 is 0. The number of amides is 1. The van der Waals surface area contributed by atoms with Crippen LogP contribution in [-0.2, 0) is 14.3 Å². The average molecular weight is 985 g/mol. The van der Waals surface area contributed by atoms with Crippen LogP contribution in [-0.4, -0.2) is 110 Å². The summed E-state index contributed by atoms with van der Waals surface area (Å²) in [6, 6.07) is -1.18. The number of allylic oxidation sites excluding steroid dienone is 2. The van der Waals surface area contributed by atoms with Gasteiger partial charge in [-0.05, 0) is 38.5 Å². The molecular formula is C58H113NO10. The molecule has 1 aliphatic heterocycles. The van der Waals surface area contributed by atoms with Crippen LogP contribution in [0.4, 0.5) is 0 Å². The summed E-state index contributed by atoms with van der Waals surface area (Å²) in [5.41, 5.74) is 0. The molecule has 0 saturated carbocycles. The Labute approximate surface area is 423 Å². The lowest BCUT2D eigenvalue weighted by Crippen LogP contribution is -2.60. The molecule has 0 aromatic rings. The molecule has 11 heteroatoms. The standard InChI is InChI=1S/C58H113NO10/c1-3-5-7-9-11-13-15-17-19-20-21-22-23-24-25-26-27-28-29-30-31-32-34-36-38-40-42-44-46-51(62)57(67)59-49(48-68-58-56(66)55(65)54(64)52(47-60)69-58)53(63)50(61)45-43-41-39-37-35-33-18-16-14-12-10-8-6-4-2/h37,39,49-56,58,60-66H,3-36,38,40-48H2,1-2H3,(H,59,67)/b39-37+. The van der Waals surface area contributed by atoms with Crippen molar-refractivity contribution < 1.29 is 50.0 Å². The lowest BCUT2D eigenvalue weighted by Gasteiger charge is -2.40. The maximum absolute atomic E-state index is 13.2. The summed E-state index contributed by atoms with van der Waals surface area (Å²) in [7, 11) is 0. The van der Waals surface area contributed by atoms with Gasteiger partial charge in [-0.15, -0.1) is 0 Å². The second-order valence-corrected chi connectivity index (χ2v) is 21.1. The molecule has 0 aliphatic carbocycles. The predicted molar refractivity (Wildman–Crippen MR) is 284 cm³/mol. The van der Waals surface area contributed by atoms with E-state index < -0.39 is 74.2 Å². The number of hydrogen-bond acceptors (Lipinski definition) is 10. The van der Waals surface area contributed by atoms with Crippen molar-refractivity contribution in [1.29, 1.82) is 0 Å². The first-order valence-electron chi connectivity index (χ1n) is 29.6. The molecule has 1 rings (SSSR count). The zero-order valence-electron chi connectivity index (χ0n) is 44.8. The predicted octanol–water partition coefficient (Wildman–Crippen LogP) is 12.4. The van der Waals surface area contributed by atoms with Crippen molar-refractivity contribution in [3.8, 4) is 0 Å².